The Labute approximate surface area is 240 Å². The van der Waals surface area contributed by atoms with Crippen molar-refractivity contribution in [2.45, 2.75) is 163 Å². The lowest BCUT2D eigenvalue weighted by molar-refractivity contribution is 0.0231. The number of carbonyl (C=O) groups excluding carboxylic acids is 1. The molecule has 4 heteroatoms. The number of aromatic carboxylic acids is 1. The number of carboxylic acids is 1. The van der Waals surface area contributed by atoms with E-state index in [1.165, 1.54) is 89.5 Å². The zero-order valence-electron chi connectivity index (χ0n) is 26.1. The smallest absolute Gasteiger partial charge is 0.339 e. The van der Waals surface area contributed by atoms with Gasteiger partial charge in [0.25, 0.3) is 0 Å². The van der Waals surface area contributed by atoms with Gasteiger partial charge in [0.1, 0.15) is 6.10 Å². The Morgan fingerprint density at radius 1 is 0.718 bits per heavy atom. The summed E-state index contributed by atoms with van der Waals surface area (Å²) in [6, 6.07) is 6.35. The Balaban J connectivity index is 2.37. The Bertz CT molecular complexity index is 779. The first-order valence-corrected chi connectivity index (χ1v) is 16.2. The van der Waals surface area contributed by atoms with E-state index in [-0.39, 0.29) is 22.6 Å². The number of rotatable bonds is 23. The molecule has 39 heavy (non-hydrogen) atoms. The summed E-state index contributed by atoms with van der Waals surface area (Å²) in [5.41, 5.74) is 0.434. The van der Waals surface area contributed by atoms with Crippen LogP contribution in [0.3, 0.4) is 0 Å². The summed E-state index contributed by atoms with van der Waals surface area (Å²) in [4.78, 5) is 24.5. The van der Waals surface area contributed by atoms with Gasteiger partial charge in [0, 0.05) is 0 Å². The van der Waals surface area contributed by atoms with Crippen molar-refractivity contribution in [3.8, 4) is 0 Å². The van der Waals surface area contributed by atoms with Gasteiger partial charge in [0.05, 0.1) is 11.1 Å². The van der Waals surface area contributed by atoms with E-state index in [2.05, 4.69) is 34.6 Å². The van der Waals surface area contributed by atoms with Crippen LogP contribution in [0.4, 0.5) is 0 Å². The van der Waals surface area contributed by atoms with Crippen molar-refractivity contribution in [1.29, 1.82) is 0 Å². The van der Waals surface area contributed by atoms with Gasteiger partial charge in [-0.25, -0.2) is 9.59 Å². The van der Waals surface area contributed by atoms with Crippen LogP contribution in [-0.4, -0.2) is 23.1 Å². The summed E-state index contributed by atoms with van der Waals surface area (Å²) in [7, 11) is 0. The summed E-state index contributed by atoms with van der Waals surface area (Å²) in [6.07, 6.45) is 23.6. The quantitative estimate of drug-likeness (QED) is 0.110. The number of ether oxygens (including phenoxy) is 1. The number of carbonyl (C=O) groups is 2. The topological polar surface area (TPSA) is 63.6 Å². The van der Waals surface area contributed by atoms with E-state index in [9.17, 15) is 14.7 Å². The number of unbranched alkanes of at least 4 members (excludes halogenated alkanes) is 14. The van der Waals surface area contributed by atoms with E-state index in [0.29, 0.717) is 5.92 Å². The lowest BCUT2D eigenvalue weighted by atomic mass is 9.83. The molecule has 0 bridgehead atoms. The average Bonchev–Trinajstić information content (AvgIpc) is 2.88. The van der Waals surface area contributed by atoms with E-state index in [0.717, 1.165) is 38.5 Å². The van der Waals surface area contributed by atoms with E-state index < -0.39 is 11.9 Å². The Morgan fingerprint density at radius 2 is 1.18 bits per heavy atom. The van der Waals surface area contributed by atoms with E-state index in [1.54, 1.807) is 18.2 Å². The number of carboxylic acid groups (broad SMARTS) is 1. The molecule has 1 aromatic rings. The van der Waals surface area contributed by atoms with Crippen LogP contribution in [0, 0.1) is 11.3 Å². The molecule has 1 aromatic carbocycles. The molecule has 2 unspecified atom stereocenters. The summed E-state index contributed by atoms with van der Waals surface area (Å²) < 4.78 is 5.92. The Hall–Kier alpha value is -1.84. The number of hydrogen-bond acceptors (Lipinski definition) is 3. The molecule has 0 saturated heterocycles. The van der Waals surface area contributed by atoms with Crippen molar-refractivity contribution in [3.05, 3.63) is 35.4 Å². The third kappa shape index (κ3) is 18.2. The zero-order valence-corrected chi connectivity index (χ0v) is 26.1. The summed E-state index contributed by atoms with van der Waals surface area (Å²) in [5.74, 6) is -1.05. The molecule has 4 nitrogen and oxygen atoms in total. The van der Waals surface area contributed by atoms with Gasteiger partial charge in [-0.3, -0.25) is 0 Å². The second-order valence-corrected chi connectivity index (χ2v) is 13.1. The summed E-state index contributed by atoms with van der Waals surface area (Å²) in [6.45, 7) is 11.3. The molecule has 0 heterocycles. The maximum absolute atomic E-state index is 12.9. The molecule has 0 fully saturated rings. The van der Waals surface area contributed by atoms with Crippen LogP contribution < -0.4 is 0 Å². The van der Waals surface area contributed by atoms with Crippen LogP contribution in [-0.2, 0) is 4.74 Å². The minimum Gasteiger partial charge on any atom is -0.478 e. The molecule has 0 spiro atoms. The standard InChI is InChI=1S/C35H60O4/c1-6-7-8-9-10-11-12-13-14-15-16-17-18-19-20-23-30(27-26-29(2)28-35(3,4)5)39-34(38)32-25-22-21-24-31(32)33(36)37/h21-22,24-25,29-30H,6-20,23,26-28H2,1-5H3,(H,36,37). The van der Waals surface area contributed by atoms with Crippen LogP contribution in [0.15, 0.2) is 24.3 Å². The van der Waals surface area contributed by atoms with Gasteiger partial charge in [-0.15, -0.1) is 0 Å². The molecule has 0 radical (unpaired) electrons. The van der Waals surface area contributed by atoms with Crippen molar-refractivity contribution in [2.75, 3.05) is 0 Å². The molecule has 0 aliphatic heterocycles. The second-order valence-electron chi connectivity index (χ2n) is 13.1. The Kier molecular flexibility index (Phi) is 18.9. The fourth-order valence-electron chi connectivity index (χ4n) is 5.69. The first kappa shape index (κ1) is 35.2. The van der Waals surface area contributed by atoms with Crippen molar-refractivity contribution >= 4 is 11.9 Å². The highest BCUT2D eigenvalue weighted by atomic mass is 16.5. The molecule has 0 aromatic heterocycles. The summed E-state index contributed by atoms with van der Waals surface area (Å²) in [5, 5.41) is 9.48. The zero-order chi connectivity index (χ0) is 28.9. The lowest BCUT2D eigenvalue weighted by Crippen LogP contribution is -2.22. The molecular formula is C35H60O4. The van der Waals surface area contributed by atoms with Crippen LogP contribution in [0.5, 0.6) is 0 Å². The minimum absolute atomic E-state index is 0.00863. The van der Waals surface area contributed by atoms with Gasteiger partial charge in [0.2, 0.25) is 0 Å². The van der Waals surface area contributed by atoms with Gasteiger partial charge in [-0.2, -0.15) is 0 Å². The molecule has 1 rings (SSSR count). The maximum atomic E-state index is 12.9. The fourth-order valence-corrected chi connectivity index (χ4v) is 5.69. The number of benzene rings is 1. The SMILES string of the molecule is CCCCCCCCCCCCCCCCCC(CCC(C)CC(C)(C)C)OC(=O)c1ccccc1C(=O)O. The van der Waals surface area contributed by atoms with Crippen molar-refractivity contribution in [2.24, 2.45) is 11.3 Å². The van der Waals surface area contributed by atoms with E-state index >= 15 is 0 Å². The van der Waals surface area contributed by atoms with Crippen molar-refractivity contribution in [1.82, 2.24) is 0 Å². The molecule has 2 atom stereocenters. The van der Waals surface area contributed by atoms with Crippen LogP contribution in [0.2, 0.25) is 0 Å². The third-order valence-electron chi connectivity index (χ3n) is 7.72. The molecule has 0 amide bonds. The summed E-state index contributed by atoms with van der Waals surface area (Å²) >= 11 is 0. The Morgan fingerprint density at radius 3 is 1.64 bits per heavy atom. The van der Waals surface area contributed by atoms with E-state index in [1.807, 2.05) is 0 Å². The highest BCUT2D eigenvalue weighted by Gasteiger charge is 2.22. The third-order valence-corrected chi connectivity index (χ3v) is 7.72. The number of esters is 1. The predicted molar refractivity (Wildman–Crippen MR) is 165 cm³/mol. The fraction of sp³-hybridized carbons (Fsp3) is 0.771. The van der Waals surface area contributed by atoms with Gasteiger partial charge < -0.3 is 9.84 Å². The normalized spacial score (nSPS) is 13.3. The average molecular weight is 545 g/mol. The van der Waals surface area contributed by atoms with Gasteiger partial charge >= 0.3 is 11.9 Å². The molecule has 224 valence electrons. The minimum atomic E-state index is -1.10. The van der Waals surface area contributed by atoms with Crippen LogP contribution >= 0.6 is 0 Å². The molecule has 0 aliphatic rings. The highest BCUT2D eigenvalue weighted by Crippen LogP contribution is 2.28. The van der Waals surface area contributed by atoms with Crippen molar-refractivity contribution < 1.29 is 19.4 Å². The monoisotopic (exact) mass is 544 g/mol. The van der Waals surface area contributed by atoms with E-state index in [4.69, 9.17) is 4.74 Å². The van der Waals surface area contributed by atoms with Crippen LogP contribution in [0.25, 0.3) is 0 Å². The lowest BCUT2D eigenvalue weighted by Gasteiger charge is -2.25. The molecule has 0 aliphatic carbocycles. The second kappa shape index (κ2) is 21.0. The van der Waals surface area contributed by atoms with Gasteiger partial charge in [0.15, 0.2) is 0 Å². The van der Waals surface area contributed by atoms with Gasteiger partial charge in [-0.05, 0) is 55.6 Å². The van der Waals surface area contributed by atoms with Crippen molar-refractivity contribution in [3.63, 3.8) is 0 Å². The molecular weight excluding hydrogens is 484 g/mol. The molecule has 1 N–H and O–H groups in total. The molecule has 0 saturated carbocycles. The maximum Gasteiger partial charge on any atom is 0.339 e. The largest absolute Gasteiger partial charge is 0.478 e. The number of hydrogen-bond donors (Lipinski definition) is 1. The van der Waals surface area contributed by atoms with Crippen LogP contribution in [0.1, 0.15) is 177 Å². The predicted octanol–water partition coefficient (Wildman–Crippen LogP) is 11.0. The highest BCUT2D eigenvalue weighted by molar-refractivity contribution is 6.02. The van der Waals surface area contributed by atoms with Gasteiger partial charge in [-0.1, -0.05) is 137 Å². The first-order chi connectivity index (χ1) is 18.6. The first-order valence-electron chi connectivity index (χ1n) is 16.2.